The fourth-order valence-electron chi connectivity index (χ4n) is 3.01. The van der Waals surface area contributed by atoms with Crippen LogP contribution in [0.1, 0.15) is 26.2 Å². The Labute approximate surface area is 128 Å². The van der Waals surface area contributed by atoms with Gasteiger partial charge in [-0.3, -0.25) is 9.69 Å². The number of esters is 1. The normalized spacial score (nSPS) is 25.5. The first-order valence-electron chi connectivity index (χ1n) is 7.71. The molecule has 1 fully saturated rings. The van der Waals surface area contributed by atoms with Crippen molar-refractivity contribution in [3.8, 4) is 0 Å². The molecule has 124 valence electrons. The molecule has 0 saturated heterocycles. The van der Waals surface area contributed by atoms with Crippen molar-refractivity contribution in [1.82, 2.24) is 10.2 Å². The van der Waals surface area contributed by atoms with Crippen LogP contribution in [0.2, 0.25) is 0 Å². The molecule has 1 aliphatic carbocycles. The Morgan fingerprint density at radius 2 is 1.90 bits per heavy atom. The summed E-state index contributed by atoms with van der Waals surface area (Å²) in [5.74, 6) is -0.131. The predicted molar refractivity (Wildman–Crippen MR) is 81.4 cm³/mol. The van der Waals surface area contributed by atoms with Crippen LogP contribution < -0.4 is 5.32 Å². The average Bonchev–Trinajstić information content (AvgIpc) is 2.93. The second kappa shape index (κ2) is 9.35. The minimum Gasteiger partial charge on any atom is -0.465 e. The molecule has 1 saturated carbocycles. The Hall–Kier alpha value is -0.690. The second-order valence-electron chi connectivity index (χ2n) is 5.47. The summed E-state index contributed by atoms with van der Waals surface area (Å²) < 4.78 is 15.6. The van der Waals surface area contributed by atoms with Crippen molar-refractivity contribution in [3.05, 3.63) is 0 Å². The molecule has 0 bridgehead atoms. The Kier molecular flexibility index (Phi) is 8.18. The number of likely N-dealkylation sites (N-methyl/N-ethyl adjacent to an activating group) is 1. The molecule has 2 atom stereocenters. The van der Waals surface area contributed by atoms with E-state index >= 15 is 0 Å². The highest BCUT2D eigenvalue weighted by atomic mass is 16.5. The van der Waals surface area contributed by atoms with E-state index in [1.54, 1.807) is 14.2 Å². The summed E-state index contributed by atoms with van der Waals surface area (Å²) in [4.78, 5) is 14.6. The van der Waals surface area contributed by atoms with Crippen LogP contribution in [-0.4, -0.2) is 76.6 Å². The quantitative estimate of drug-likeness (QED) is 0.598. The molecular weight excluding hydrogens is 272 g/mol. The molecule has 2 unspecified atom stereocenters. The minimum absolute atomic E-state index is 0.131. The van der Waals surface area contributed by atoms with E-state index in [2.05, 4.69) is 10.2 Å². The van der Waals surface area contributed by atoms with E-state index in [-0.39, 0.29) is 5.97 Å². The molecule has 1 N–H and O–H groups in total. The van der Waals surface area contributed by atoms with E-state index in [4.69, 9.17) is 14.2 Å². The van der Waals surface area contributed by atoms with Crippen LogP contribution in [0.4, 0.5) is 0 Å². The number of carbonyl (C=O) groups is 1. The Balaban J connectivity index is 2.67. The Morgan fingerprint density at radius 3 is 2.38 bits per heavy atom. The topological polar surface area (TPSA) is 60.0 Å². The van der Waals surface area contributed by atoms with Crippen molar-refractivity contribution >= 4 is 5.97 Å². The summed E-state index contributed by atoms with van der Waals surface area (Å²) in [6.07, 6.45) is 2.56. The third-order valence-corrected chi connectivity index (χ3v) is 4.31. The first-order chi connectivity index (χ1) is 10.1. The molecule has 21 heavy (non-hydrogen) atoms. The summed E-state index contributed by atoms with van der Waals surface area (Å²) in [5.41, 5.74) is -0.543. The molecular formula is C15H30N2O4. The zero-order valence-electron chi connectivity index (χ0n) is 13.8. The predicted octanol–water partition coefficient (Wildman–Crippen LogP) is 0.655. The van der Waals surface area contributed by atoms with Gasteiger partial charge in [0.1, 0.15) is 5.54 Å². The largest absolute Gasteiger partial charge is 0.465 e. The van der Waals surface area contributed by atoms with E-state index in [1.165, 1.54) is 0 Å². The van der Waals surface area contributed by atoms with Crippen molar-refractivity contribution < 1.29 is 19.0 Å². The van der Waals surface area contributed by atoms with Gasteiger partial charge < -0.3 is 19.5 Å². The highest BCUT2D eigenvalue weighted by molar-refractivity contribution is 5.81. The number of rotatable bonds is 10. The fourth-order valence-corrected chi connectivity index (χ4v) is 3.01. The van der Waals surface area contributed by atoms with Gasteiger partial charge in [-0.05, 0) is 33.2 Å². The van der Waals surface area contributed by atoms with Crippen LogP contribution in [0, 0.1) is 0 Å². The third kappa shape index (κ3) is 4.92. The summed E-state index contributed by atoms with van der Waals surface area (Å²) in [6, 6.07) is 0.354. The lowest BCUT2D eigenvalue weighted by molar-refractivity contribution is -0.151. The van der Waals surface area contributed by atoms with Crippen LogP contribution in [0.3, 0.4) is 0 Å². The molecule has 1 aliphatic rings. The summed E-state index contributed by atoms with van der Waals surface area (Å²) >= 11 is 0. The van der Waals surface area contributed by atoms with E-state index < -0.39 is 5.54 Å². The van der Waals surface area contributed by atoms with Gasteiger partial charge in [-0.2, -0.15) is 0 Å². The van der Waals surface area contributed by atoms with Crippen LogP contribution in [0.25, 0.3) is 0 Å². The lowest BCUT2D eigenvalue weighted by Crippen LogP contribution is -2.51. The third-order valence-electron chi connectivity index (χ3n) is 4.31. The Bertz CT molecular complexity index is 306. The number of nitrogens with one attached hydrogen (secondary N) is 1. The number of methoxy groups -OCH3 is 2. The number of nitrogens with zero attached hydrogens (tertiary/aromatic N) is 1. The molecule has 0 aromatic rings. The number of hydrogen-bond donors (Lipinski definition) is 1. The monoisotopic (exact) mass is 302 g/mol. The van der Waals surface area contributed by atoms with Crippen molar-refractivity contribution in [2.24, 2.45) is 0 Å². The first-order valence-corrected chi connectivity index (χ1v) is 7.71. The smallest absolute Gasteiger partial charge is 0.326 e. The van der Waals surface area contributed by atoms with Gasteiger partial charge in [0.2, 0.25) is 0 Å². The lowest BCUT2D eigenvalue weighted by Gasteiger charge is -2.31. The highest BCUT2D eigenvalue weighted by Crippen LogP contribution is 2.34. The van der Waals surface area contributed by atoms with Gasteiger partial charge >= 0.3 is 5.97 Å². The number of ether oxygens (including phenoxy) is 3. The van der Waals surface area contributed by atoms with Gasteiger partial charge in [-0.15, -0.1) is 0 Å². The van der Waals surface area contributed by atoms with Crippen molar-refractivity contribution in [2.75, 3.05) is 54.2 Å². The van der Waals surface area contributed by atoms with Gasteiger partial charge in [0.15, 0.2) is 0 Å². The Morgan fingerprint density at radius 1 is 1.29 bits per heavy atom. The minimum atomic E-state index is -0.543. The van der Waals surface area contributed by atoms with E-state index in [9.17, 15) is 4.79 Å². The molecule has 0 aromatic heterocycles. The number of hydrogen-bond acceptors (Lipinski definition) is 6. The maximum atomic E-state index is 12.2. The highest BCUT2D eigenvalue weighted by Gasteiger charge is 2.46. The molecule has 0 heterocycles. The van der Waals surface area contributed by atoms with Gasteiger partial charge in [0, 0.05) is 33.4 Å². The zero-order chi connectivity index (χ0) is 15.7. The molecule has 0 radical (unpaired) electrons. The van der Waals surface area contributed by atoms with Crippen LogP contribution in [0.15, 0.2) is 0 Å². The molecule has 1 rings (SSSR count). The standard InChI is InChI=1S/C15H30N2O4/c1-5-21-14(18)15(16-2)7-6-13(12-15)17(8-10-19-3)9-11-20-4/h13,16H,5-12H2,1-4H3. The van der Waals surface area contributed by atoms with E-state index in [0.717, 1.165) is 32.4 Å². The second-order valence-corrected chi connectivity index (χ2v) is 5.47. The summed E-state index contributed by atoms with van der Waals surface area (Å²) in [6.45, 7) is 5.35. The van der Waals surface area contributed by atoms with Crippen molar-refractivity contribution in [3.63, 3.8) is 0 Å². The van der Waals surface area contributed by atoms with Gasteiger partial charge in [-0.25, -0.2) is 0 Å². The molecule has 0 aliphatic heterocycles. The van der Waals surface area contributed by atoms with Crippen LogP contribution >= 0.6 is 0 Å². The molecule has 0 aromatic carbocycles. The van der Waals surface area contributed by atoms with Crippen molar-refractivity contribution in [2.45, 2.75) is 37.8 Å². The summed E-state index contributed by atoms with van der Waals surface area (Å²) in [7, 11) is 5.26. The van der Waals surface area contributed by atoms with Crippen LogP contribution in [-0.2, 0) is 19.0 Å². The van der Waals surface area contributed by atoms with Crippen molar-refractivity contribution in [1.29, 1.82) is 0 Å². The maximum Gasteiger partial charge on any atom is 0.326 e. The number of carbonyl (C=O) groups excluding carboxylic acids is 1. The maximum absolute atomic E-state index is 12.2. The van der Waals surface area contributed by atoms with Crippen LogP contribution in [0.5, 0.6) is 0 Å². The SMILES string of the molecule is CCOC(=O)C1(NC)CCC(N(CCOC)CCOC)C1. The zero-order valence-corrected chi connectivity index (χ0v) is 13.8. The summed E-state index contributed by atoms with van der Waals surface area (Å²) in [5, 5.41) is 3.20. The molecule has 6 heteroatoms. The molecule has 6 nitrogen and oxygen atoms in total. The molecule has 0 amide bonds. The average molecular weight is 302 g/mol. The van der Waals surface area contributed by atoms with Gasteiger partial charge in [0.25, 0.3) is 0 Å². The van der Waals surface area contributed by atoms with E-state index in [0.29, 0.717) is 25.9 Å². The molecule has 0 spiro atoms. The van der Waals surface area contributed by atoms with Gasteiger partial charge in [-0.1, -0.05) is 0 Å². The van der Waals surface area contributed by atoms with Gasteiger partial charge in [0.05, 0.1) is 19.8 Å². The first kappa shape index (κ1) is 18.4. The van der Waals surface area contributed by atoms with E-state index in [1.807, 2.05) is 14.0 Å². The lowest BCUT2D eigenvalue weighted by atomic mass is 9.97. The fraction of sp³-hybridized carbons (Fsp3) is 0.933.